The van der Waals surface area contributed by atoms with E-state index in [9.17, 15) is 19.2 Å². The van der Waals surface area contributed by atoms with Gasteiger partial charge in [-0.2, -0.15) is 0 Å². The van der Waals surface area contributed by atoms with Crippen LogP contribution in [0.4, 0.5) is 0 Å². The fraction of sp³-hybridized carbons (Fsp3) is 0.857. The largest absolute Gasteiger partial charge is 0.465 e. The molecule has 0 radical (unpaired) electrons. The molecule has 0 amide bonds. The molecule has 2 heterocycles. The molecule has 6 fully saturated rings. The molecule has 4 saturated carbocycles. The smallest absolute Gasteiger partial charge is 0.303 e. The average Bonchev–Trinajstić information content (AvgIpc) is 3.17. The second-order valence-electron chi connectivity index (χ2n) is 12.4. The van der Waals surface area contributed by atoms with E-state index in [0.29, 0.717) is 32.1 Å². The van der Waals surface area contributed by atoms with Crippen LogP contribution in [0.25, 0.3) is 0 Å². The molecule has 206 valence electrons. The van der Waals surface area contributed by atoms with Crippen molar-refractivity contribution >= 4 is 23.7 Å². The molecule has 9 nitrogen and oxygen atoms in total. The molecule has 0 aromatic carbocycles. The summed E-state index contributed by atoms with van der Waals surface area (Å²) in [6.45, 7) is 8.00. The Bertz CT molecular complexity index is 1010. The molecule has 4 bridgehead atoms. The van der Waals surface area contributed by atoms with Crippen molar-refractivity contribution in [3.8, 4) is 0 Å². The first-order chi connectivity index (χ1) is 17.3. The van der Waals surface area contributed by atoms with Gasteiger partial charge in [-0.1, -0.05) is 6.92 Å². The number of esters is 3. The normalized spacial score (nSPS) is 47.4. The second kappa shape index (κ2) is 8.76. The van der Waals surface area contributed by atoms with Gasteiger partial charge in [0.2, 0.25) is 0 Å². The molecule has 2 aliphatic heterocycles. The summed E-state index contributed by atoms with van der Waals surface area (Å²) in [7, 11) is 1.66. The standard InChI is InChI=1S/C28H40O9/c1-15(29)20-7-8-21-24-22(35-17(3)31)11-19-12-27(33-6)10-9-25(19,5)28(24,37-27)23(36-18(4)32)13-26(20,21)14-34-16(2)30/h19-24H,7-14H2,1-6H3/t19-,20-,21+,22-,23-,24-,25+,26+,27+,28-/m1/s1. The Morgan fingerprint density at radius 1 is 0.919 bits per heavy atom. The number of rotatable bonds is 6. The first kappa shape index (κ1) is 26.6. The van der Waals surface area contributed by atoms with Crippen LogP contribution in [0.1, 0.15) is 79.6 Å². The monoisotopic (exact) mass is 520 g/mol. The number of ketones is 1. The van der Waals surface area contributed by atoms with Gasteiger partial charge in [0.25, 0.3) is 0 Å². The molecule has 0 aromatic heterocycles. The summed E-state index contributed by atoms with van der Waals surface area (Å²) < 4.78 is 31.0. The molecular weight excluding hydrogens is 480 g/mol. The molecule has 4 aliphatic carbocycles. The Morgan fingerprint density at radius 3 is 2.22 bits per heavy atom. The minimum atomic E-state index is -0.968. The maximum atomic E-state index is 13.0. The SMILES string of the molecule is CO[C@@]12CC[C@@]3(C)[C@H](C[C@@H](OC(C)=O)[C@H]4[C@@H]5CC[C@H](C(C)=O)[C@@]5(COC(C)=O)C[C@@H](OC(C)=O)[C@@]43O1)C2. The number of carbonyl (C=O) groups is 4. The van der Waals surface area contributed by atoms with E-state index < -0.39 is 40.9 Å². The van der Waals surface area contributed by atoms with Crippen molar-refractivity contribution in [2.45, 2.75) is 103 Å². The quantitative estimate of drug-likeness (QED) is 0.384. The van der Waals surface area contributed by atoms with Gasteiger partial charge in [-0.3, -0.25) is 19.2 Å². The molecule has 0 unspecified atom stereocenters. The van der Waals surface area contributed by atoms with Crippen LogP contribution >= 0.6 is 0 Å². The van der Waals surface area contributed by atoms with Gasteiger partial charge in [-0.05, 0) is 50.9 Å². The van der Waals surface area contributed by atoms with Crippen LogP contribution in [0.15, 0.2) is 0 Å². The van der Waals surface area contributed by atoms with Crippen molar-refractivity contribution in [3.63, 3.8) is 0 Å². The summed E-state index contributed by atoms with van der Waals surface area (Å²) in [5, 5.41) is 0. The highest BCUT2D eigenvalue weighted by atomic mass is 16.7. The predicted octanol–water partition coefficient (Wildman–Crippen LogP) is 3.36. The average molecular weight is 521 g/mol. The summed E-state index contributed by atoms with van der Waals surface area (Å²) in [5.74, 6) is -2.75. The summed E-state index contributed by atoms with van der Waals surface area (Å²) in [6, 6.07) is 0. The Morgan fingerprint density at radius 2 is 1.62 bits per heavy atom. The first-order valence-corrected chi connectivity index (χ1v) is 13.6. The number of fused-ring (bicyclic) bond motifs is 3. The van der Waals surface area contributed by atoms with Gasteiger partial charge in [0.05, 0.1) is 6.61 Å². The van der Waals surface area contributed by atoms with Crippen molar-refractivity contribution in [2.75, 3.05) is 13.7 Å². The minimum absolute atomic E-state index is 0.0237. The highest BCUT2D eigenvalue weighted by Gasteiger charge is 2.81. The van der Waals surface area contributed by atoms with Crippen LogP contribution in [0.2, 0.25) is 0 Å². The Hall–Kier alpha value is -2.00. The molecule has 0 N–H and O–H groups in total. The summed E-state index contributed by atoms with van der Waals surface area (Å²) in [5.41, 5.74) is -2.07. The Balaban J connectivity index is 1.73. The van der Waals surface area contributed by atoms with Crippen molar-refractivity contribution in [3.05, 3.63) is 0 Å². The zero-order valence-electron chi connectivity index (χ0n) is 22.8. The van der Waals surface area contributed by atoms with Crippen molar-refractivity contribution < 1.29 is 42.9 Å². The number of Topliss-reactive ketones (excluding diaryl/α,β-unsaturated/α-hetero) is 1. The lowest BCUT2D eigenvalue weighted by Gasteiger charge is -2.75. The van der Waals surface area contributed by atoms with Crippen LogP contribution in [0.3, 0.4) is 0 Å². The second-order valence-corrected chi connectivity index (χ2v) is 12.4. The van der Waals surface area contributed by atoms with Crippen molar-refractivity contribution in [1.82, 2.24) is 0 Å². The van der Waals surface area contributed by atoms with Crippen molar-refractivity contribution in [1.29, 1.82) is 0 Å². The molecule has 2 saturated heterocycles. The fourth-order valence-electron chi connectivity index (χ4n) is 9.60. The summed E-state index contributed by atoms with van der Waals surface area (Å²) in [6.07, 6.45) is 3.35. The molecule has 6 aliphatic rings. The van der Waals surface area contributed by atoms with Crippen LogP contribution in [0.5, 0.6) is 0 Å². The predicted molar refractivity (Wildman–Crippen MR) is 129 cm³/mol. The zero-order chi connectivity index (χ0) is 27.0. The third-order valence-corrected chi connectivity index (χ3v) is 10.9. The van der Waals surface area contributed by atoms with Gasteiger partial charge in [0, 0.05) is 63.4 Å². The van der Waals surface area contributed by atoms with Crippen LogP contribution in [-0.2, 0) is 42.9 Å². The molecule has 0 aromatic rings. The van der Waals surface area contributed by atoms with Gasteiger partial charge >= 0.3 is 17.9 Å². The summed E-state index contributed by atoms with van der Waals surface area (Å²) in [4.78, 5) is 50.0. The molecular formula is C28H40O9. The summed E-state index contributed by atoms with van der Waals surface area (Å²) >= 11 is 0. The van der Waals surface area contributed by atoms with Gasteiger partial charge in [0.1, 0.15) is 23.6 Å². The highest BCUT2D eigenvalue weighted by molar-refractivity contribution is 5.80. The van der Waals surface area contributed by atoms with E-state index in [1.165, 1.54) is 20.8 Å². The fourth-order valence-corrected chi connectivity index (χ4v) is 9.60. The lowest BCUT2D eigenvalue weighted by Crippen LogP contribution is -2.82. The van der Waals surface area contributed by atoms with Gasteiger partial charge in [-0.25, -0.2) is 0 Å². The third-order valence-electron chi connectivity index (χ3n) is 10.9. The minimum Gasteiger partial charge on any atom is -0.465 e. The first-order valence-electron chi connectivity index (χ1n) is 13.6. The van der Waals surface area contributed by atoms with E-state index in [0.717, 1.165) is 12.8 Å². The van der Waals surface area contributed by atoms with Gasteiger partial charge in [0.15, 0.2) is 5.79 Å². The number of hydrogen-bond donors (Lipinski definition) is 0. The molecule has 10 atom stereocenters. The van der Waals surface area contributed by atoms with E-state index in [1.807, 2.05) is 0 Å². The molecule has 6 rings (SSSR count). The van der Waals surface area contributed by atoms with Crippen LogP contribution in [0, 0.1) is 34.5 Å². The lowest BCUT2D eigenvalue weighted by atomic mass is 9.38. The number of methoxy groups -OCH3 is 1. The van der Waals surface area contributed by atoms with E-state index in [-0.39, 0.29) is 47.4 Å². The van der Waals surface area contributed by atoms with E-state index in [4.69, 9.17) is 23.7 Å². The van der Waals surface area contributed by atoms with Crippen LogP contribution in [-0.4, -0.2) is 61.0 Å². The molecule has 1 spiro atoms. The Kier molecular flexibility index (Phi) is 6.30. The van der Waals surface area contributed by atoms with E-state index in [1.54, 1.807) is 14.0 Å². The topological polar surface area (TPSA) is 114 Å². The number of carbonyl (C=O) groups excluding carboxylic acids is 4. The number of ether oxygens (including phenoxy) is 5. The molecule has 37 heavy (non-hydrogen) atoms. The Labute approximate surface area is 218 Å². The van der Waals surface area contributed by atoms with Crippen LogP contribution < -0.4 is 0 Å². The van der Waals surface area contributed by atoms with Gasteiger partial charge < -0.3 is 23.7 Å². The maximum absolute atomic E-state index is 13.0. The lowest BCUT2D eigenvalue weighted by molar-refractivity contribution is -0.449. The van der Waals surface area contributed by atoms with E-state index in [2.05, 4.69) is 6.92 Å². The van der Waals surface area contributed by atoms with Crippen molar-refractivity contribution in [2.24, 2.45) is 34.5 Å². The zero-order valence-corrected chi connectivity index (χ0v) is 22.8. The third kappa shape index (κ3) is 3.63. The highest BCUT2D eigenvalue weighted by Crippen LogP contribution is 2.75. The maximum Gasteiger partial charge on any atom is 0.303 e. The number of hydrogen-bond acceptors (Lipinski definition) is 9. The molecule has 9 heteroatoms. The van der Waals surface area contributed by atoms with E-state index >= 15 is 0 Å². The van der Waals surface area contributed by atoms with Gasteiger partial charge in [-0.15, -0.1) is 0 Å².